The summed E-state index contributed by atoms with van der Waals surface area (Å²) in [7, 11) is -4.20. The second-order valence-corrected chi connectivity index (χ2v) is 14.2. The summed E-state index contributed by atoms with van der Waals surface area (Å²) in [6.07, 6.45) is 0.904. The zero-order valence-corrected chi connectivity index (χ0v) is 28.8. The van der Waals surface area contributed by atoms with E-state index in [4.69, 9.17) is 23.2 Å². The van der Waals surface area contributed by atoms with Crippen LogP contribution in [-0.2, 0) is 32.6 Å². The van der Waals surface area contributed by atoms with E-state index in [2.05, 4.69) is 21.2 Å². The maximum atomic E-state index is 14.5. The lowest BCUT2D eigenvalue weighted by Crippen LogP contribution is -2.53. The van der Waals surface area contributed by atoms with E-state index in [1.807, 2.05) is 44.2 Å². The molecule has 2 amide bonds. The highest BCUT2D eigenvalue weighted by molar-refractivity contribution is 9.10. The maximum absolute atomic E-state index is 14.5. The number of nitrogens with one attached hydrogen (secondary N) is 1. The third-order valence-electron chi connectivity index (χ3n) is 7.16. The number of anilines is 1. The monoisotopic (exact) mass is 729 g/mol. The highest BCUT2D eigenvalue weighted by Gasteiger charge is 2.35. The number of benzene rings is 4. The standard InChI is InChI=1S/C34H34BrCl2N3O4S/c1-3-18-38-34(42)32(19-25-8-5-4-6-9-25)39(22-26-14-15-28(36)21-31(26)37)33(41)23-40(29-11-7-10-27(35)20-29)45(43,44)30-16-12-24(2)13-17-30/h4-17,20-21,32H,3,18-19,22-23H2,1-2H3,(H,38,42)/t32-/m0/s1. The molecule has 0 unspecified atom stereocenters. The molecule has 1 atom stereocenters. The molecule has 7 nitrogen and oxygen atoms in total. The van der Waals surface area contributed by atoms with Crippen LogP contribution in [0.25, 0.3) is 0 Å². The molecule has 0 bridgehead atoms. The van der Waals surface area contributed by atoms with Crippen LogP contribution in [0.1, 0.15) is 30.0 Å². The minimum absolute atomic E-state index is 0.0368. The third-order valence-corrected chi connectivity index (χ3v) is 10.0. The predicted molar refractivity (Wildman–Crippen MR) is 184 cm³/mol. The fourth-order valence-electron chi connectivity index (χ4n) is 4.75. The molecule has 0 spiro atoms. The molecule has 1 N–H and O–H groups in total. The van der Waals surface area contributed by atoms with Crippen LogP contribution in [0, 0.1) is 6.92 Å². The molecule has 45 heavy (non-hydrogen) atoms. The highest BCUT2D eigenvalue weighted by atomic mass is 79.9. The van der Waals surface area contributed by atoms with Crippen LogP contribution >= 0.6 is 39.1 Å². The summed E-state index contributed by atoms with van der Waals surface area (Å²) in [6.45, 7) is 3.60. The first-order valence-corrected chi connectivity index (χ1v) is 17.4. The van der Waals surface area contributed by atoms with Crippen LogP contribution in [0.2, 0.25) is 10.0 Å². The minimum Gasteiger partial charge on any atom is -0.354 e. The number of carbonyl (C=O) groups is 2. The number of halogens is 3. The topological polar surface area (TPSA) is 86.8 Å². The summed E-state index contributed by atoms with van der Waals surface area (Å²) >= 11 is 16.1. The average molecular weight is 732 g/mol. The van der Waals surface area contributed by atoms with Gasteiger partial charge in [-0.1, -0.05) is 106 Å². The lowest BCUT2D eigenvalue weighted by Gasteiger charge is -2.34. The lowest BCUT2D eigenvalue weighted by atomic mass is 10.0. The van der Waals surface area contributed by atoms with Crippen molar-refractivity contribution in [2.24, 2.45) is 0 Å². The molecule has 0 aliphatic rings. The van der Waals surface area contributed by atoms with E-state index < -0.39 is 28.5 Å². The molecule has 0 radical (unpaired) electrons. The molecule has 0 aliphatic carbocycles. The van der Waals surface area contributed by atoms with E-state index in [-0.39, 0.29) is 29.5 Å². The quantitative estimate of drug-likeness (QED) is 0.155. The van der Waals surface area contributed by atoms with Crippen LogP contribution in [0.5, 0.6) is 0 Å². The molecule has 4 aromatic carbocycles. The van der Waals surface area contributed by atoms with Crippen molar-refractivity contribution in [2.75, 3.05) is 17.4 Å². The second kappa shape index (κ2) is 15.8. The van der Waals surface area contributed by atoms with Crippen molar-refractivity contribution in [3.05, 3.63) is 128 Å². The summed E-state index contributed by atoms with van der Waals surface area (Å²) < 4.78 is 30.0. The van der Waals surface area contributed by atoms with Crippen molar-refractivity contribution in [3.8, 4) is 0 Å². The van der Waals surface area contributed by atoms with E-state index >= 15 is 0 Å². The first-order valence-electron chi connectivity index (χ1n) is 14.4. The molecular weight excluding hydrogens is 697 g/mol. The van der Waals surface area contributed by atoms with E-state index in [9.17, 15) is 18.0 Å². The van der Waals surface area contributed by atoms with Crippen LogP contribution < -0.4 is 9.62 Å². The smallest absolute Gasteiger partial charge is 0.264 e. The minimum atomic E-state index is -4.20. The molecule has 0 aromatic heterocycles. The van der Waals surface area contributed by atoms with E-state index in [1.165, 1.54) is 17.0 Å². The van der Waals surface area contributed by atoms with Gasteiger partial charge >= 0.3 is 0 Å². The molecule has 0 saturated heterocycles. The van der Waals surface area contributed by atoms with Crippen molar-refractivity contribution in [1.29, 1.82) is 0 Å². The SMILES string of the molecule is CCCNC(=O)[C@H](Cc1ccccc1)N(Cc1ccc(Cl)cc1Cl)C(=O)CN(c1cccc(Br)c1)S(=O)(=O)c1ccc(C)cc1. The van der Waals surface area contributed by atoms with Crippen molar-refractivity contribution >= 4 is 66.7 Å². The number of hydrogen-bond acceptors (Lipinski definition) is 4. The van der Waals surface area contributed by atoms with Crippen LogP contribution in [0.4, 0.5) is 5.69 Å². The summed E-state index contributed by atoms with van der Waals surface area (Å²) in [5, 5.41) is 3.67. The second-order valence-electron chi connectivity index (χ2n) is 10.6. The van der Waals surface area contributed by atoms with Gasteiger partial charge in [0.25, 0.3) is 10.0 Å². The Morgan fingerprint density at radius 1 is 0.911 bits per heavy atom. The Morgan fingerprint density at radius 2 is 1.62 bits per heavy atom. The number of hydrogen-bond donors (Lipinski definition) is 1. The van der Waals surface area contributed by atoms with Gasteiger partial charge in [-0.3, -0.25) is 13.9 Å². The van der Waals surface area contributed by atoms with E-state index in [0.29, 0.717) is 33.0 Å². The van der Waals surface area contributed by atoms with Gasteiger partial charge in [0.05, 0.1) is 10.6 Å². The summed E-state index contributed by atoms with van der Waals surface area (Å²) in [5.41, 5.74) is 2.58. The fraction of sp³-hybridized carbons (Fsp3) is 0.235. The van der Waals surface area contributed by atoms with Crippen LogP contribution in [0.3, 0.4) is 0 Å². The number of aryl methyl sites for hydroxylation is 1. The normalized spacial score (nSPS) is 11.9. The number of nitrogens with zero attached hydrogens (tertiary/aromatic N) is 2. The Bertz CT molecular complexity index is 1740. The highest BCUT2D eigenvalue weighted by Crippen LogP contribution is 2.29. The van der Waals surface area contributed by atoms with Gasteiger partial charge in [0.2, 0.25) is 11.8 Å². The molecule has 4 aromatic rings. The Kier molecular flexibility index (Phi) is 12.1. The molecule has 0 heterocycles. The van der Waals surface area contributed by atoms with E-state index in [0.717, 1.165) is 15.4 Å². The fourth-order valence-corrected chi connectivity index (χ4v) is 7.01. The van der Waals surface area contributed by atoms with Crippen molar-refractivity contribution in [3.63, 3.8) is 0 Å². The number of amides is 2. The van der Waals surface area contributed by atoms with Gasteiger partial charge in [-0.25, -0.2) is 8.42 Å². The zero-order valence-electron chi connectivity index (χ0n) is 24.9. The van der Waals surface area contributed by atoms with Gasteiger partial charge in [-0.15, -0.1) is 0 Å². The largest absolute Gasteiger partial charge is 0.354 e. The summed E-state index contributed by atoms with van der Waals surface area (Å²) in [4.78, 5) is 29.7. The molecule has 0 saturated carbocycles. The molecule has 0 fully saturated rings. The van der Waals surface area contributed by atoms with Gasteiger partial charge in [-0.2, -0.15) is 0 Å². The average Bonchev–Trinajstić information content (AvgIpc) is 3.01. The number of carbonyl (C=O) groups excluding carboxylic acids is 2. The van der Waals surface area contributed by atoms with Gasteiger partial charge in [0, 0.05) is 34.0 Å². The molecule has 236 valence electrons. The molecule has 0 aliphatic heterocycles. The van der Waals surface area contributed by atoms with Crippen molar-refractivity contribution in [2.45, 2.75) is 44.2 Å². The summed E-state index contributed by atoms with van der Waals surface area (Å²) in [6, 6.07) is 26.5. The predicted octanol–water partition coefficient (Wildman–Crippen LogP) is 7.43. The van der Waals surface area contributed by atoms with Crippen LogP contribution in [-0.4, -0.2) is 44.3 Å². The van der Waals surface area contributed by atoms with Gasteiger partial charge in [0.15, 0.2) is 0 Å². The number of rotatable bonds is 13. The first kappa shape index (κ1) is 34.5. The third kappa shape index (κ3) is 9.10. The molecule has 11 heteroatoms. The lowest BCUT2D eigenvalue weighted by molar-refractivity contribution is -0.140. The van der Waals surface area contributed by atoms with Crippen LogP contribution in [0.15, 0.2) is 106 Å². The van der Waals surface area contributed by atoms with Gasteiger partial charge in [0.1, 0.15) is 12.6 Å². The van der Waals surface area contributed by atoms with Crippen molar-refractivity contribution in [1.82, 2.24) is 10.2 Å². The number of sulfonamides is 1. The van der Waals surface area contributed by atoms with Gasteiger partial charge < -0.3 is 10.2 Å². The van der Waals surface area contributed by atoms with E-state index in [1.54, 1.807) is 54.6 Å². The molecule has 4 rings (SSSR count). The Morgan fingerprint density at radius 3 is 2.27 bits per heavy atom. The summed E-state index contributed by atoms with van der Waals surface area (Å²) in [5.74, 6) is -0.932. The Balaban J connectivity index is 1.82. The Hall–Kier alpha value is -3.37. The van der Waals surface area contributed by atoms with Crippen molar-refractivity contribution < 1.29 is 18.0 Å². The first-order chi connectivity index (χ1) is 21.5. The maximum Gasteiger partial charge on any atom is 0.264 e. The molecular formula is C34H34BrCl2N3O4S. The van der Waals surface area contributed by atoms with Gasteiger partial charge in [-0.05, 0) is 66.9 Å². The zero-order chi connectivity index (χ0) is 32.6. The Labute approximate surface area is 283 Å².